The second-order valence-corrected chi connectivity index (χ2v) is 9.65. The lowest BCUT2D eigenvalue weighted by molar-refractivity contribution is -0.126. The average molecular weight is 379 g/mol. The summed E-state index contributed by atoms with van der Waals surface area (Å²) in [6.45, 7) is 2.66. The molecule has 3 rings (SSSR count). The lowest BCUT2D eigenvalue weighted by atomic mass is 9.97. The molecule has 5 nitrogen and oxygen atoms in total. The highest BCUT2D eigenvalue weighted by Gasteiger charge is 2.34. The average Bonchev–Trinajstić information content (AvgIpc) is 2.90. The molecule has 0 radical (unpaired) electrons. The van der Waals surface area contributed by atoms with Crippen LogP contribution in [0.15, 0.2) is 29.2 Å². The molecule has 1 atom stereocenters. The van der Waals surface area contributed by atoms with E-state index in [0.29, 0.717) is 11.4 Å². The number of aryl methyl sites for hydroxylation is 1. The predicted molar refractivity (Wildman–Crippen MR) is 102 cm³/mol. The molecule has 0 unspecified atom stereocenters. The maximum absolute atomic E-state index is 12.9. The van der Waals surface area contributed by atoms with Crippen molar-refractivity contribution in [1.29, 1.82) is 0 Å². The van der Waals surface area contributed by atoms with Crippen LogP contribution in [0.25, 0.3) is 0 Å². The van der Waals surface area contributed by atoms with Crippen molar-refractivity contribution in [1.82, 2.24) is 9.62 Å². The predicted octanol–water partition coefficient (Wildman–Crippen LogP) is 3.23. The molecule has 0 bridgehead atoms. The van der Waals surface area contributed by atoms with Gasteiger partial charge in [-0.2, -0.15) is 4.31 Å². The quantitative estimate of drug-likeness (QED) is 0.818. The molecule has 2 aliphatic rings. The summed E-state index contributed by atoms with van der Waals surface area (Å²) in [7, 11) is -3.54. The molecule has 1 heterocycles. The van der Waals surface area contributed by atoms with E-state index in [2.05, 4.69) is 5.32 Å². The van der Waals surface area contributed by atoms with Crippen LogP contribution in [-0.2, 0) is 14.8 Å². The topological polar surface area (TPSA) is 66.5 Å². The first kappa shape index (κ1) is 19.4. The van der Waals surface area contributed by atoms with Crippen molar-refractivity contribution in [3.63, 3.8) is 0 Å². The molecule has 1 aromatic rings. The second-order valence-electron chi connectivity index (χ2n) is 7.72. The second kappa shape index (κ2) is 8.53. The third kappa shape index (κ3) is 4.65. The number of nitrogens with one attached hydrogen (secondary N) is 1. The van der Waals surface area contributed by atoms with Crippen LogP contribution < -0.4 is 5.32 Å². The number of hydrogen-bond donors (Lipinski definition) is 1. The first-order valence-corrected chi connectivity index (χ1v) is 11.3. The molecule has 0 aromatic heterocycles. The summed E-state index contributed by atoms with van der Waals surface area (Å²) in [5.74, 6) is -0.215. The molecule has 144 valence electrons. The normalized spacial score (nSPS) is 23.3. The summed E-state index contributed by atoms with van der Waals surface area (Å²) in [6, 6.07) is 7.25. The Bertz CT molecular complexity index is 724. The Kier molecular flexibility index (Phi) is 6.35. The van der Waals surface area contributed by atoms with E-state index >= 15 is 0 Å². The van der Waals surface area contributed by atoms with E-state index in [4.69, 9.17) is 0 Å². The fourth-order valence-electron chi connectivity index (χ4n) is 4.04. The zero-order valence-corrected chi connectivity index (χ0v) is 16.4. The number of carbonyl (C=O) groups excluding carboxylic acids is 1. The fraction of sp³-hybridized carbons (Fsp3) is 0.650. The van der Waals surface area contributed by atoms with Gasteiger partial charge in [-0.15, -0.1) is 0 Å². The van der Waals surface area contributed by atoms with Crippen molar-refractivity contribution in [2.45, 2.75) is 69.2 Å². The van der Waals surface area contributed by atoms with Gasteiger partial charge in [-0.25, -0.2) is 8.42 Å². The Morgan fingerprint density at radius 3 is 2.50 bits per heavy atom. The van der Waals surface area contributed by atoms with E-state index < -0.39 is 10.0 Å². The minimum Gasteiger partial charge on any atom is -0.353 e. The highest BCUT2D eigenvalue weighted by molar-refractivity contribution is 7.89. The third-order valence-electron chi connectivity index (χ3n) is 5.58. The standard InChI is InChI=1S/C20H30N2O3S/c1-16-8-6-12-19(14-16)26(24,25)22-13-7-9-17(15-22)20(23)21-18-10-4-2-3-5-11-18/h6,8,12,14,17-18H,2-5,7,9-11,13,15H2,1H3,(H,21,23)/t17-/m0/s1. The van der Waals surface area contributed by atoms with Crippen molar-refractivity contribution >= 4 is 15.9 Å². The molecule has 6 heteroatoms. The Labute approximate surface area is 157 Å². The molecule has 1 aromatic carbocycles. The number of rotatable bonds is 4. The van der Waals surface area contributed by atoms with Crippen LogP contribution in [0.3, 0.4) is 0 Å². The third-order valence-corrected chi connectivity index (χ3v) is 7.44. The van der Waals surface area contributed by atoms with E-state index in [1.165, 1.54) is 30.0 Å². The maximum Gasteiger partial charge on any atom is 0.243 e. The molecule has 1 saturated heterocycles. The van der Waals surface area contributed by atoms with E-state index in [-0.39, 0.29) is 24.4 Å². The zero-order chi connectivity index (χ0) is 18.6. The largest absolute Gasteiger partial charge is 0.353 e. The van der Waals surface area contributed by atoms with Crippen molar-refractivity contribution in [3.05, 3.63) is 29.8 Å². The molecule has 1 amide bonds. The summed E-state index contributed by atoms with van der Waals surface area (Å²) < 4.78 is 27.4. The number of carbonyl (C=O) groups is 1. The number of benzene rings is 1. The van der Waals surface area contributed by atoms with Gasteiger partial charge in [0.05, 0.1) is 10.8 Å². The molecule has 1 aliphatic heterocycles. The van der Waals surface area contributed by atoms with E-state index in [1.807, 2.05) is 13.0 Å². The molecule has 1 aliphatic carbocycles. The van der Waals surface area contributed by atoms with Crippen LogP contribution in [0.4, 0.5) is 0 Å². The Morgan fingerprint density at radius 2 is 1.81 bits per heavy atom. The fourth-order valence-corrected chi connectivity index (χ4v) is 5.67. The maximum atomic E-state index is 12.9. The molecule has 1 saturated carbocycles. The van der Waals surface area contributed by atoms with Crippen LogP contribution in [0.1, 0.15) is 56.9 Å². The highest BCUT2D eigenvalue weighted by atomic mass is 32.2. The summed E-state index contributed by atoms with van der Waals surface area (Å²) in [5.41, 5.74) is 0.922. The minimum absolute atomic E-state index is 0.0287. The molecule has 1 N–H and O–H groups in total. The van der Waals surface area contributed by atoms with Gasteiger partial charge in [0, 0.05) is 19.1 Å². The van der Waals surface area contributed by atoms with Crippen LogP contribution >= 0.6 is 0 Å². The van der Waals surface area contributed by atoms with E-state index in [1.54, 1.807) is 18.2 Å². The summed E-state index contributed by atoms with van der Waals surface area (Å²) in [5, 5.41) is 3.19. The molecular weight excluding hydrogens is 348 g/mol. The van der Waals surface area contributed by atoms with Gasteiger partial charge in [0.25, 0.3) is 0 Å². The van der Waals surface area contributed by atoms with Gasteiger partial charge in [0.2, 0.25) is 15.9 Å². The smallest absolute Gasteiger partial charge is 0.243 e. The first-order valence-electron chi connectivity index (χ1n) is 9.84. The van der Waals surface area contributed by atoms with Crippen LogP contribution in [0.5, 0.6) is 0 Å². The monoisotopic (exact) mass is 378 g/mol. The van der Waals surface area contributed by atoms with Crippen LogP contribution in [0, 0.1) is 12.8 Å². The van der Waals surface area contributed by atoms with Gasteiger partial charge >= 0.3 is 0 Å². The zero-order valence-electron chi connectivity index (χ0n) is 15.6. The van der Waals surface area contributed by atoms with Gasteiger partial charge in [-0.3, -0.25) is 4.79 Å². The number of amides is 1. The van der Waals surface area contributed by atoms with Crippen molar-refractivity contribution in [2.75, 3.05) is 13.1 Å². The van der Waals surface area contributed by atoms with Crippen molar-refractivity contribution in [3.8, 4) is 0 Å². The van der Waals surface area contributed by atoms with Gasteiger partial charge in [-0.05, 0) is 50.3 Å². The molecule has 26 heavy (non-hydrogen) atoms. The van der Waals surface area contributed by atoms with Crippen molar-refractivity contribution < 1.29 is 13.2 Å². The first-order chi connectivity index (χ1) is 12.5. The lowest BCUT2D eigenvalue weighted by Crippen LogP contribution is -2.47. The number of hydrogen-bond acceptors (Lipinski definition) is 3. The van der Waals surface area contributed by atoms with Gasteiger partial charge < -0.3 is 5.32 Å². The molecule has 0 spiro atoms. The van der Waals surface area contributed by atoms with Crippen molar-refractivity contribution in [2.24, 2.45) is 5.92 Å². The lowest BCUT2D eigenvalue weighted by Gasteiger charge is -2.32. The Morgan fingerprint density at radius 1 is 1.08 bits per heavy atom. The molecule has 2 fully saturated rings. The highest BCUT2D eigenvalue weighted by Crippen LogP contribution is 2.25. The van der Waals surface area contributed by atoms with Crippen LogP contribution in [-0.4, -0.2) is 37.8 Å². The SMILES string of the molecule is Cc1cccc(S(=O)(=O)N2CCC[C@H](C(=O)NC3CCCCCC3)C2)c1. The number of sulfonamides is 1. The molecular formula is C20H30N2O3S. The number of piperidine rings is 1. The van der Waals surface area contributed by atoms with Gasteiger partial charge in [0.1, 0.15) is 0 Å². The number of nitrogens with zero attached hydrogens (tertiary/aromatic N) is 1. The Balaban J connectivity index is 1.65. The van der Waals surface area contributed by atoms with Gasteiger partial charge in [-0.1, -0.05) is 37.8 Å². The van der Waals surface area contributed by atoms with Gasteiger partial charge in [0.15, 0.2) is 0 Å². The summed E-state index contributed by atoms with van der Waals surface area (Å²) in [4.78, 5) is 13.0. The van der Waals surface area contributed by atoms with E-state index in [9.17, 15) is 13.2 Å². The van der Waals surface area contributed by atoms with E-state index in [0.717, 1.165) is 31.2 Å². The minimum atomic E-state index is -3.54. The Hall–Kier alpha value is -1.40. The van der Waals surface area contributed by atoms with Crippen LogP contribution in [0.2, 0.25) is 0 Å². The summed E-state index contributed by atoms with van der Waals surface area (Å²) >= 11 is 0. The summed E-state index contributed by atoms with van der Waals surface area (Å²) in [6.07, 6.45) is 8.42.